The van der Waals surface area contributed by atoms with E-state index in [1.165, 1.54) is 19.3 Å². The summed E-state index contributed by atoms with van der Waals surface area (Å²) in [6.07, 6.45) is 9.14. The zero-order valence-corrected chi connectivity index (χ0v) is 24.8. The van der Waals surface area contributed by atoms with Crippen molar-refractivity contribution in [3.05, 3.63) is 48.3 Å². The first-order valence-corrected chi connectivity index (χ1v) is 15.8. The van der Waals surface area contributed by atoms with Crippen LogP contribution in [0.5, 0.6) is 0 Å². The molecule has 10 nitrogen and oxygen atoms in total. The van der Waals surface area contributed by atoms with Gasteiger partial charge in [-0.25, -0.2) is 17.9 Å². The highest BCUT2D eigenvalue weighted by molar-refractivity contribution is 7.89. The van der Waals surface area contributed by atoms with Gasteiger partial charge in [0.05, 0.1) is 16.3 Å². The van der Waals surface area contributed by atoms with Gasteiger partial charge in [-0.3, -0.25) is 9.88 Å². The lowest BCUT2D eigenvalue weighted by Gasteiger charge is -2.35. The molecule has 0 unspecified atom stereocenters. The number of aromatic nitrogens is 1. The summed E-state index contributed by atoms with van der Waals surface area (Å²) in [6.45, 7) is 9.45. The number of sulfonamides is 1. The molecule has 3 N–H and O–H groups in total. The molecule has 2 heterocycles. The molecule has 1 aromatic carbocycles. The van der Waals surface area contributed by atoms with Gasteiger partial charge in [0.1, 0.15) is 5.60 Å². The SMILES string of the molecule is CC(C)(C)OC(=O)N1CCN(CCNS(=O)(=O)c2ccc(NC3CCCCC3)c(NCc3ccncc3)c2)CC1. The second-order valence-electron chi connectivity index (χ2n) is 11.6. The van der Waals surface area contributed by atoms with Gasteiger partial charge >= 0.3 is 6.09 Å². The molecule has 2 aromatic rings. The fourth-order valence-corrected chi connectivity index (χ4v) is 6.08. The van der Waals surface area contributed by atoms with E-state index < -0.39 is 15.6 Å². The number of benzene rings is 1. The highest BCUT2D eigenvalue weighted by Gasteiger charge is 2.26. The summed E-state index contributed by atoms with van der Waals surface area (Å²) in [4.78, 5) is 20.5. The fourth-order valence-electron chi connectivity index (χ4n) is 5.03. The van der Waals surface area contributed by atoms with Gasteiger partial charge in [0, 0.05) is 64.2 Å². The van der Waals surface area contributed by atoms with Crippen LogP contribution in [0.2, 0.25) is 0 Å². The molecule has 1 amide bonds. The summed E-state index contributed by atoms with van der Waals surface area (Å²) in [5.74, 6) is 0. The van der Waals surface area contributed by atoms with Crippen molar-refractivity contribution in [2.75, 3.05) is 49.9 Å². The number of nitrogens with zero attached hydrogens (tertiary/aromatic N) is 3. The molecule has 0 spiro atoms. The number of pyridine rings is 1. The number of rotatable bonds is 10. The Morgan fingerprint density at radius 1 is 1.00 bits per heavy atom. The van der Waals surface area contributed by atoms with Crippen LogP contribution in [0, 0.1) is 0 Å². The minimum absolute atomic E-state index is 0.230. The van der Waals surface area contributed by atoms with Crippen LogP contribution in [0.1, 0.15) is 58.4 Å². The third kappa shape index (κ3) is 9.07. The number of nitrogens with one attached hydrogen (secondary N) is 3. The molecule has 2 aliphatic rings. The van der Waals surface area contributed by atoms with Crippen molar-refractivity contribution in [2.24, 2.45) is 0 Å². The van der Waals surface area contributed by atoms with Crippen LogP contribution in [0.25, 0.3) is 0 Å². The summed E-state index contributed by atoms with van der Waals surface area (Å²) in [7, 11) is -3.70. The molecule has 40 heavy (non-hydrogen) atoms. The summed E-state index contributed by atoms with van der Waals surface area (Å²) < 4.78 is 34.7. The van der Waals surface area contributed by atoms with Crippen molar-refractivity contribution < 1.29 is 17.9 Å². The predicted molar refractivity (Wildman–Crippen MR) is 158 cm³/mol. The maximum absolute atomic E-state index is 13.2. The van der Waals surface area contributed by atoms with E-state index in [2.05, 4.69) is 25.2 Å². The van der Waals surface area contributed by atoms with Crippen molar-refractivity contribution in [3.8, 4) is 0 Å². The van der Waals surface area contributed by atoms with Crippen molar-refractivity contribution in [1.82, 2.24) is 19.5 Å². The van der Waals surface area contributed by atoms with E-state index in [0.29, 0.717) is 45.3 Å². The maximum atomic E-state index is 13.2. The Bertz CT molecular complexity index is 1200. The van der Waals surface area contributed by atoms with Crippen molar-refractivity contribution in [2.45, 2.75) is 76.0 Å². The first-order valence-electron chi connectivity index (χ1n) is 14.3. The Morgan fingerprint density at radius 2 is 1.70 bits per heavy atom. The lowest BCUT2D eigenvalue weighted by molar-refractivity contribution is 0.0147. The standard InChI is InChI=1S/C29H44N6O4S/c1-29(2,3)39-28(36)35-19-17-34(18-20-35)16-15-32-40(37,38)25-9-10-26(33-24-7-5-4-6-8-24)27(21-25)31-22-23-11-13-30-14-12-23/h9-14,21,24,31-33H,4-8,15-20,22H2,1-3H3. The molecule has 11 heteroatoms. The molecule has 1 aliphatic carbocycles. The third-order valence-corrected chi connectivity index (χ3v) is 8.70. The second kappa shape index (κ2) is 13.6. The molecule has 1 aliphatic heterocycles. The van der Waals surface area contributed by atoms with E-state index >= 15 is 0 Å². The molecular formula is C29H44N6O4S. The first-order chi connectivity index (χ1) is 19.1. The lowest BCUT2D eigenvalue weighted by atomic mass is 9.95. The van der Waals surface area contributed by atoms with Crippen LogP contribution < -0.4 is 15.4 Å². The van der Waals surface area contributed by atoms with Gasteiger partial charge in [-0.15, -0.1) is 0 Å². The molecule has 2 fully saturated rings. The molecule has 1 saturated heterocycles. The van der Waals surface area contributed by atoms with E-state index in [4.69, 9.17) is 4.74 Å². The highest BCUT2D eigenvalue weighted by atomic mass is 32.2. The van der Waals surface area contributed by atoms with Gasteiger partial charge in [-0.2, -0.15) is 0 Å². The number of carbonyl (C=O) groups is 1. The number of carbonyl (C=O) groups excluding carboxylic acids is 1. The Labute approximate surface area is 238 Å². The second-order valence-corrected chi connectivity index (χ2v) is 13.4. The Morgan fingerprint density at radius 3 is 2.38 bits per heavy atom. The van der Waals surface area contributed by atoms with Crippen molar-refractivity contribution in [3.63, 3.8) is 0 Å². The quantitative estimate of drug-likeness (QED) is 0.387. The monoisotopic (exact) mass is 572 g/mol. The summed E-state index contributed by atoms with van der Waals surface area (Å²) >= 11 is 0. The molecule has 220 valence electrons. The molecule has 4 rings (SSSR count). The largest absolute Gasteiger partial charge is 0.444 e. The van der Waals surface area contributed by atoms with E-state index in [-0.39, 0.29) is 17.5 Å². The van der Waals surface area contributed by atoms with Gasteiger partial charge in [-0.1, -0.05) is 19.3 Å². The normalized spacial score (nSPS) is 17.4. The predicted octanol–water partition coefficient (Wildman–Crippen LogP) is 4.27. The smallest absolute Gasteiger partial charge is 0.410 e. The first kappa shape index (κ1) is 30.1. The van der Waals surface area contributed by atoms with Crippen molar-refractivity contribution in [1.29, 1.82) is 0 Å². The van der Waals surface area contributed by atoms with Gasteiger partial charge < -0.3 is 20.3 Å². The van der Waals surface area contributed by atoms with Crippen LogP contribution in [-0.4, -0.2) is 80.2 Å². The fraction of sp³-hybridized carbons (Fsp3) is 0.586. The lowest BCUT2D eigenvalue weighted by Crippen LogP contribution is -2.51. The molecular weight excluding hydrogens is 528 g/mol. The van der Waals surface area contributed by atoms with E-state index in [1.807, 2.05) is 39.0 Å². The highest BCUT2D eigenvalue weighted by Crippen LogP contribution is 2.30. The van der Waals surface area contributed by atoms with E-state index in [0.717, 1.165) is 29.8 Å². The van der Waals surface area contributed by atoms with Crippen LogP contribution >= 0.6 is 0 Å². The molecule has 0 atom stereocenters. The summed E-state index contributed by atoms with van der Waals surface area (Å²) in [5.41, 5.74) is 2.23. The summed E-state index contributed by atoms with van der Waals surface area (Å²) in [6, 6.07) is 9.53. The van der Waals surface area contributed by atoms with Crippen LogP contribution in [0.15, 0.2) is 47.6 Å². The number of hydrogen-bond acceptors (Lipinski definition) is 8. The average Bonchev–Trinajstić information content (AvgIpc) is 2.93. The number of piperazine rings is 1. The average molecular weight is 573 g/mol. The van der Waals surface area contributed by atoms with Gasteiger partial charge in [0.2, 0.25) is 10.0 Å². The minimum atomic E-state index is -3.70. The molecule has 1 saturated carbocycles. The number of ether oxygens (including phenoxy) is 1. The van der Waals surface area contributed by atoms with Gasteiger partial charge in [0.25, 0.3) is 0 Å². The van der Waals surface area contributed by atoms with Crippen LogP contribution in [0.3, 0.4) is 0 Å². The topological polar surface area (TPSA) is 116 Å². The number of amides is 1. The molecule has 1 aromatic heterocycles. The molecule has 0 radical (unpaired) electrons. The van der Waals surface area contributed by atoms with Crippen LogP contribution in [-0.2, 0) is 21.3 Å². The van der Waals surface area contributed by atoms with E-state index in [9.17, 15) is 13.2 Å². The van der Waals surface area contributed by atoms with E-state index in [1.54, 1.807) is 29.4 Å². The Balaban J connectivity index is 1.34. The zero-order valence-electron chi connectivity index (χ0n) is 24.0. The Hall–Kier alpha value is -2.89. The third-order valence-electron chi connectivity index (χ3n) is 7.24. The van der Waals surface area contributed by atoms with Gasteiger partial charge in [0.15, 0.2) is 0 Å². The summed E-state index contributed by atoms with van der Waals surface area (Å²) in [5, 5.41) is 7.07. The minimum Gasteiger partial charge on any atom is -0.444 e. The van der Waals surface area contributed by atoms with Crippen LogP contribution in [0.4, 0.5) is 16.2 Å². The maximum Gasteiger partial charge on any atom is 0.410 e. The van der Waals surface area contributed by atoms with Gasteiger partial charge in [-0.05, 0) is 69.5 Å². The number of anilines is 2. The number of hydrogen-bond donors (Lipinski definition) is 3. The van der Waals surface area contributed by atoms with Crippen molar-refractivity contribution >= 4 is 27.5 Å². The zero-order chi connectivity index (χ0) is 28.6. The molecule has 0 bridgehead atoms. The Kier molecular flexibility index (Phi) is 10.3.